The number of carbonyl (C=O) groups excluding carboxylic acids is 1. The summed E-state index contributed by atoms with van der Waals surface area (Å²) in [5.41, 5.74) is 3.32. The van der Waals surface area contributed by atoms with Gasteiger partial charge in [0.25, 0.3) is 5.91 Å². The normalized spacial score (nSPS) is 16.3. The zero-order chi connectivity index (χ0) is 19.6. The molecule has 1 aliphatic rings. The molecule has 0 bridgehead atoms. The van der Waals surface area contributed by atoms with Gasteiger partial charge in [0.05, 0.1) is 4.90 Å². The predicted molar refractivity (Wildman–Crippen MR) is 107 cm³/mol. The van der Waals surface area contributed by atoms with Gasteiger partial charge in [-0.3, -0.25) is 4.79 Å². The van der Waals surface area contributed by atoms with E-state index in [-0.39, 0.29) is 10.8 Å². The first kappa shape index (κ1) is 19.6. The molecule has 1 N–H and O–H groups in total. The summed E-state index contributed by atoms with van der Waals surface area (Å²) in [5, 5.41) is 2.89. The highest BCUT2D eigenvalue weighted by molar-refractivity contribution is 7.89. The Labute approximate surface area is 161 Å². The first-order chi connectivity index (χ1) is 12.8. The van der Waals surface area contributed by atoms with Crippen molar-refractivity contribution in [3.8, 4) is 0 Å². The first-order valence-electron chi connectivity index (χ1n) is 9.27. The third kappa shape index (κ3) is 4.22. The van der Waals surface area contributed by atoms with Crippen molar-refractivity contribution >= 4 is 21.6 Å². The molecule has 6 heteroatoms. The molecule has 144 valence electrons. The molecular formula is C21H26N2O3S. The molecule has 1 saturated heterocycles. The van der Waals surface area contributed by atoms with E-state index in [1.165, 1.54) is 16.4 Å². The molecule has 27 heavy (non-hydrogen) atoms. The maximum atomic E-state index is 12.8. The van der Waals surface area contributed by atoms with Crippen molar-refractivity contribution in [2.45, 2.75) is 38.5 Å². The fourth-order valence-electron chi connectivity index (χ4n) is 3.23. The second-order valence-corrected chi connectivity index (χ2v) is 9.25. The Balaban J connectivity index is 1.74. The molecule has 1 aliphatic heterocycles. The maximum absolute atomic E-state index is 12.8. The predicted octanol–water partition coefficient (Wildman–Crippen LogP) is 3.98. The molecule has 0 saturated carbocycles. The maximum Gasteiger partial charge on any atom is 0.255 e. The van der Waals surface area contributed by atoms with Crippen molar-refractivity contribution in [3.63, 3.8) is 0 Å². The summed E-state index contributed by atoms with van der Waals surface area (Å²) in [6.07, 6.45) is 1.77. The minimum atomic E-state index is -3.50. The van der Waals surface area contributed by atoms with E-state index in [2.05, 4.69) is 12.2 Å². The quantitative estimate of drug-likeness (QED) is 0.864. The lowest BCUT2D eigenvalue weighted by molar-refractivity contribution is 0.102. The minimum absolute atomic E-state index is 0.236. The summed E-state index contributed by atoms with van der Waals surface area (Å²) < 4.78 is 27.1. The summed E-state index contributed by atoms with van der Waals surface area (Å²) in [5.74, 6) is 0.312. The molecule has 2 aromatic rings. The summed E-state index contributed by atoms with van der Waals surface area (Å²) in [4.78, 5) is 12.7. The van der Waals surface area contributed by atoms with Crippen molar-refractivity contribution in [1.82, 2.24) is 4.31 Å². The van der Waals surface area contributed by atoms with Gasteiger partial charge in [-0.15, -0.1) is 0 Å². The summed E-state index contributed by atoms with van der Waals surface area (Å²) >= 11 is 0. The van der Waals surface area contributed by atoms with Crippen LogP contribution in [-0.4, -0.2) is 31.7 Å². The lowest BCUT2D eigenvalue weighted by atomic mass is 10.0. The fraction of sp³-hybridized carbons (Fsp3) is 0.381. The fourth-order valence-corrected chi connectivity index (χ4v) is 4.70. The van der Waals surface area contributed by atoms with E-state index < -0.39 is 10.0 Å². The number of aryl methyl sites for hydroxylation is 1. The van der Waals surface area contributed by atoms with Gasteiger partial charge in [-0.2, -0.15) is 4.31 Å². The van der Waals surface area contributed by atoms with Crippen LogP contribution in [0.2, 0.25) is 0 Å². The van der Waals surface area contributed by atoms with Crippen LogP contribution in [0.25, 0.3) is 0 Å². The number of nitrogens with zero attached hydrogens (tertiary/aromatic N) is 1. The second-order valence-electron chi connectivity index (χ2n) is 7.31. The lowest BCUT2D eigenvalue weighted by Gasteiger charge is -2.29. The number of rotatable bonds is 4. The van der Waals surface area contributed by atoms with Crippen LogP contribution in [0, 0.1) is 19.8 Å². The zero-order valence-electron chi connectivity index (χ0n) is 16.0. The number of sulfonamides is 1. The van der Waals surface area contributed by atoms with E-state index in [1.54, 1.807) is 12.1 Å². The zero-order valence-corrected chi connectivity index (χ0v) is 16.8. The van der Waals surface area contributed by atoms with E-state index in [1.807, 2.05) is 32.0 Å². The second kappa shape index (κ2) is 7.82. The molecule has 0 spiro atoms. The van der Waals surface area contributed by atoms with E-state index in [9.17, 15) is 13.2 Å². The molecular weight excluding hydrogens is 360 g/mol. The van der Waals surface area contributed by atoms with E-state index in [4.69, 9.17) is 0 Å². The average Bonchev–Trinajstić information content (AvgIpc) is 2.66. The van der Waals surface area contributed by atoms with Crippen LogP contribution < -0.4 is 5.32 Å². The van der Waals surface area contributed by atoms with Gasteiger partial charge in [0, 0.05) is 24.3 Å². The van der Waals surface area contributed by atoms with Crippen LogP contribution in [0.15, 0.2) is 47.4 Å². The SMILES string of the molecule is Cc1cccc(NC(=O)c2ccc(S(=O)(=O)N3CCC(C)CC3)cc2)c1C. The van der Waals surface area contributed by atoms with Gasteiger partial charge >= 0.3 is 0 Å². The number of anilines is 1. The van der Waals surface area contributed by atoms with E-state index in [0.717, 1.165) is 29.7 Å². The molecule has 0 aromatic heterocycles. The monoisotopic (exact) mass is 386 g/mol. The summed E-state index contributed by atoms with van der Waals surface area (Å²) in [6, 6.07) is 11.9. The highest BCUT2D eigenvalue weighted by atomic mass is 32.2. The van der Waals surface area contributed by atoms with Crippen molar-refractivity contribution in [2.24, 2.45) is 5.92 Å². The van der Waals surface area contributed by atoms with Crippen molar-refractivity contribution in [3.05, 3.63) is 59.2 Å². The topological polar surface area (TPSA) is 66.5 Å². The Morgan fingerprint density at radius 1 is 1.04 bits per heavy atom. The molecule has 5 nitrogen and oxygen atoms in total. The number of amides is 1. The Morgan fingerprint density at radius 3 is 2.30 bits per heavy atom. The number of nitrogens with one attached hydrogen (secondary N) is 1. The molecule has 1 amide bonds. The highest BCUT2D eigenvalue weighted by Crippen LogP contribution is 2.24. The summed E-state index contributed by atoms with van der Waals surface area (Å²) in [7, 11) is -3.50. The number of piperidine rings is 1. The van der Waals surface area contributed by atoms with Gasteiger partial charge in [-0.25, -0.2) is 8.42 Å². The molecule has 0 unspecified atom stereocenters. The van der Waals surface area contributed by atoms with Gasteiger partial charge in [-0.1, -0.05) is 19.1 Å². The van der Waals surface area contributed by atoms with Gasteiger partial charge in [0.15, 0.2) is 0 Å². The number of hydrogen-bond acceptors (Lipinski definition) is 3. The van der Waals surface area contributed by atoms with Crippen molar-refractivity contribution in [2.75, 3.05) is 18.4 Å². The van der Waals surface area contributed by atoms with Crippen LogP contribution in [-0.2, 0) is 10.0 Å². The molecule has 0 atom stereocenters. The molecule has 1 heterocycles. The van der Waals surface area contributed by atoms with Crippen LogP contribution >= 0.6 is 0 Å². The third-order valence-corrected chi connectivity index (χ3v) is 7.26. The van der Waals surface area contributed by atoms with E-state index >= 15 is 0 Å². The van der Waals surface area contributed by atoms with Crippen LogP contribution in [0.5, 0.6) is 0 Å². The highest BCUT2D eigenvalue weighted by Gasteiger charge is 2.28. The molecule has 3 rings (SSSR count). The van der Waals surface area contributed by atoms with Gasteiger partial charge in [-0.05, 0) is 74.1 Å². The van der Waals surface area contributed by atoms with Crippen LogP contribution in [0.3, 0.4) is 0 Å². The largest absolute Gasteiger partial charge is 0.322 e. The Bertz CT molecular complexity index is 928. The molecule has 2 aromatic carbocycles. The molecule has 0 radical (unpaired) electrons. The van der Waals surface area contributed by atoms with Crippen molar-refractivity contribution < 1.29 is 13.2 Å². The van der Waals surface area contributed by atoms with Crippen molar-refractivity contribution in [1.29, 1.82) is 0 Å². The standard InChI is InChI=1S/C21H26N2O3S/c1-15-11-13-23(14-12-15)27(25,26)19-9-7-18(8-10-19)21(24)22-20-6-4-5-16(2)17(20)3/h4-10,15H,11-14H2,1-3H3,(H,22,24). The van der Waals surface area contributed by atoms with Gasteiger partial charge in [0.2, 0.25) is 10.0 Å². The smallest absolute Gasteiger partial charge is 0.255 e. The lowest BCUT2D eigenvalue weighted by Crippen LogP contribution is -2.37. The Morgan fingerprint density at radius 2 is 1.67 bits per heavy atom. The van der Waals surface area contributed by atoms with Crippen LogP contribution in [0.1, 0.15) is 41.3 Å². The minimum Gasteiger partial charge on any atom is -0.322 e. The molecule has 0 aliphatic carbocycles. The summed E-state index contributed by atoms with van der Waals surface area (Å²) in [6.45, 7) is 7.20. The van der Waals surface area contributed by atoms with E-state index in [0.29, 0.717) is 24.6 Å². The number of hydrogen-bond donors (Lipinski definition) is 1. The van der Waals surface area contributed by atoms with Crippen LogP contribution in [0.4, 0.5) is 5.69 Å². The molecule has 1 fully saturated rings. The number of carbonyl (C=O) groups is 1. The Hall–Kier alpha value is -2.18. The van der Waals surface area contributed by atoms with Gasteiger partial charge in [0.1, 0.15) is 0 Å². The number of benzene rings is 2. The van der Waals surface area contributed by atoms with Gasteiger partial charge < -0.3 is 5.32 Å². The Kier molecular flexibility index (Phi) is 5.67. The third-order valence-electron chi connectivity index (χ3n) is 5.35. The first-order valence-corrected chi connectivity index (χ1v) is 10.7. The average molecular weight is 387 g/mol.